The molecule has 0 bridgehead atoms. The van der Waals surface area contributed by atoms with Crippen LogP contribution < -0.4 is 10.6 Å². The van der Waals surface area contributed by atoms with E-state index >= 15 is 0 Å². The lowest BCUT2D eigenvalue weighted by Gasteiger charge is -2.12. The van der Waals surface area contributed by atoms with E-state index in [9.17, 15) is 14.0 Å². The van der Waals surface area contributed by atoms with Crippen LogP contribution in [0.15, 0.2) is 42.6 Å². The lowest BCUT2D eigenvalue weighted by atomic mass is 10.1. The molecule has 1 aromatic carbocycles. The highest BCUT2D eigenvalue weighted by Crippen LogP contribution is 2.24. The van der Waals surface area contributed by atoms with Crippen LogP contribution in [0.1, 0.15) is 33.9 Å². The number of hydrogen-bond donors (Lipinski definition) is 2. The number of amides is 2. The van der Waals surface area contributed by atoms with Crippen LogP contribution in [0.4, 0.5) is 15.8 Å². The molecule has 0 aliphatic rings. The zero-order valence-corrected chi connectivity index (χ0v) is 16.5. The summed E-state index contributed by atoms with van der Waals surface area (Å²) in [7, 11) is 1.86. The number of benzene rings is 1. The molecule has 3 rings (SSSR count). The number of aromatic nitrogens is 3. The third kappa shape index (κ3) is 4.84. The molecule has 0 aliphatic carbocycles. The van der Waals surface area contributed by atoms with Gasteiger partial charge < -0.3 is 10.6 Å². The van der Waals surface area contributed by atoms with E-state index in [0.29, 0.717) is 12.1 Å². The minimum absolute atomic E-state index is 0.193. The van der Waals surface area contributed by atoms with Crippen molar-refractivity contribution in [1.29, 1.82) is 0 Å². The fourth-order valence-electron chi connectivity index (χ4n) is 3.04. The van der Waals surface area contributed by atoms with Crippen LogP contribution in [0.5, 0.6) is 0 Å². The highest BCUT2D eigenvalue weighted by molar-refractivity contribution is 6.06. The van der Waals surface area contributed by atoms with Gasteiger partial charge in [-0.3, -0.25) is 19.3 Å². The second-order valence-corrected chi connectivity index (χ2v) is 6.68. The van der Waals surface area contributed by atoms with E-state index in [0.717, 1.165) is 17.0 Å². The summed E-state index contributed by atoms with van der Waals surface area (Å²) in [5.74, 6) is -1.25. The van der Waals surface area contributed by atoms with Gasteiger partial charge in [0.2, 0.25) is 5.91 Å². The summed E-state index contributed by atoms with van der Waals surface area (Å²) in [6.07, 6.45) is 2.23. The van der Waals surface area contributed by atoms with Crippen LogP contribution in [-0.2, 0) is 18.3 Å². The predicted molar refractivity (Wildman–Crippen MR) is 108 cm³/mol. The van der Waals surface area contributed by atoms with Gasteiger partial charge in [0.15, 0.2) is 0 Å². The van der Waals surface area contributed by atoms with Crippen molar-refractivity contribution in [3.63, 3.8) is 0 Å². The molecule has 3 aromatic rings. The normalized spacial score (nSPS) is 10.6. The van der Waals surface area contributed by atoms with E-state index < -0.39 is 11.7 Å². The summed E-state index contributed by atoms with van der Waals surface area (Å²) < 4.78 is 15.5. The Kier molecular flexibility index (Phi) is 6.01. The Labute approximate surface area is 168 Å². The molecule has 7 nitrogen and oxygen atoms in total. The average molecular weight is 395 g/mol. The number of aryl methyl sites for hydroxylation is 2. The van der Waals surface area contributed by atoms with Gasteiger partial charge in [-0.1, -0.05) is 6.07 Å². The van der Waals surface area contributed by atoms with Crippen molar-refractivity contribution in [2.24, 2.45) is 7.05 Å². The Balaban J connectivity index is 1.70. The molecule has 0 aliphatic heterocycles. The van der Waals surface area contributed by atoms with Gasteiger partial charge in [-0.2, -0.15) is 5.10 Å². The van der Waals surface area contributed by atoms with E-state index in [1.807, 2.05) is 20.9 Å². The first kappa shape index (κ1) is 20.2. The summed E-state index contributed by atoms with van der Waals surface area (Å²) in [4.78, 5) is 28.8. The van der Waals surface area contributed by atoms with Gasteiger partial charge in [-0.05, 0) is 56.2 Å². The molecule has 0 fully saturated rings. The quantitative estimate of drug-likeness (QED) is 0.670. The van der Waals surface area contributed by atoms with Crippen molar-refractivity contribution in [1.82, 2.24) is 14.8 Å². The van der Waals surface area contributed by atoms with Gasteiger partial charge in [0.1, 0.15) is 11.5 Å². The molecule has 0 unspecified atom stereocenters. The lowest BCUT2D eigenvalue weighted by molar-refractivity contribution is -0.116. The molecular weight excluding hydrogens is 373 g/mol. The second kappa shape index (κ2) is 8.64. The average Bonchev–Trinajstić information content (AvgIpc) is 2.94. The van der Waals surface area contributed by atoms with Crippen molar-refractivity contribution in [3.8, 4) is 0 Å². The minimum Gasteiger partial charge on any atom is -0.324 e. The van der Waals surface area contributed by atoms with Crippen LogP contribution in [-0.4, -0.2) is 26.6 Å². The maximum atomic E-state index is 13.7. The molecule has 2 aromatic heterocycles. The van der Waals surface area contributed by atoms with Crippen molar-refractivity contribution in [2.75, 3.05) is 10.6 Å². The fourth-order valence-corrected chi connectivity index (χ4v) is 3.04. The third-order valence-corrected chi connectivity index (χ3v) is 4.66. The molecule has 2 N–H and O–H groups in total. The van der Waals surface area contributed by atoms with Crippen LogP contribution in [0.25, 0.3) is 0 Å². The van der Waals surface area contributed by atoms with E-state index in [-0.39, 0.29) is 23.7 Å². The fraction of sp³-hybridized carbons (Fsp3) is 0.238. The number of pyridine rings is 1. The van der Waals surface area contributed by atoms with Gasteiger partial charge in [0.05, 0.1) is 17.1 Å². The molecule has 2 heterocycles. The number of anilines is 2. The van der Waals surface area contributed by atoms with E-state index in [1.54, 1.807) is 22.9 Å². The lowest BCUT2D eigenvalue weighted by Crippen LogP contribution is -2.18. The van der Waals surface area contributed by atoms with Gasteiger partial charge in [-0.15, -0.1) is 0 Å². The summed E-state index contributed by atoms with van der Waals surface area (Å²) in [6.45, 7) is 3.85. The molecule has 29 heavy (non-hydrogen) atoms. The van der Waals surface area contributed by atoms with Crippen LogP contribution in [0, 0.1) is 19.7 Å². The van der Waals surface area contributed by atoms with E-state index in [4.69, 9.17) is 0 Å². The standard InChI is InChI=1S/C21H22FN5O2/c1-13-16(14(2)27(3)26-13)8-10-20(28)24-19-12-15(22)7-9-17(19)25-21(29)18-6-4-5-11-23-18/h4-7,9,11-12H,8,10H2,1-3H3,(H,24,28)(H,25,29). The van der Waals surface area contributed by atoms with Crippen LogP contribution in [0.3, 0.4) is 0 Å². The van der Waals surface area contributed by atoms with Gasteiger partial charge in [0.25, 0.3) is 5.91 Å². The summed E-state index contributed by atoms with van der Waals surface area (Å²) in [5.41, 5.74) is 3.61. The Hall–Kier alpha value is -3.55. The van der Waals surface area contributed by atoms with Crippen molar-refractivity contribution in [2.45, 2.75) is 26.7 Å². The molecule has 0 saturated heterocycles. The molecule has 0 saturated carbocycles. The zero-order chi connectivity index (χ0) is 21.0. The van der Waals surface area contributed by atoms with Crippen molar-refractivity contribution in [3.05, 3.63) is 71.1 Å². The second-order valence-electron chi connectivity index (χ2n) is 6.68. The number of carbonyl (C=O) groups excluding carboxylic acids is 2. The number of nitrogens with zero attached hydrogens (tertiary/aromatic N) is 3. The van der Waals surface area contributed by atoms with Gasteiger partial charge in [-0.25, -0.2) is 4.39 Å². The first-order chi connectivity index (χ1) is 13.8. The van der Waals surface area contributed by atoms with Crippen molar-refractivity contribution >= 4 is 23.2 Å². The highest BCUT2D eigenvalue weighted by atomic mass is 19.1. The smallest absolute Gasteiger partial charge is 0.274 e. The third-order valence-electron chi connectivity index (χ3n) is 4.66. The monoisotopic (exact) mass is 395 g/mol. The predicted octanol–water partition coefficient (Wildman–Crippen LogP) is 3.39. The number of rotatable bonds is 6. The summed E-state index contributed by atoms with van der Waals surface area (Å²) in [6, 6.07) is 8.75. The van der Waals surface area contributed by atoms with Crippen LogP contribution >= 0.6 is 0 Å². The van der Waals surface area contributed by atoms with E-state index in [1.165, 1.54) is 24.4 Å². The first-order valence-corrected chi connectivity index (χ1v) is 9.16. The SMILES string of the molecule is Cc1nn(C)c(C)c1CCC(=O)Nc1cc(F)ccc1NC(=O)c1ccccn1. The molecule has 2 amide bonds. The van der Waals surface area contributed by atoms with E-state index in [2.05, 4.69) is 20.7 Å². The maximum absolute atomic E-state index is 13.7. The molecular formula is C21H22FN5O2. The topological polar surface area (TPSA) is 88.9 Å². The highest BCUT2D eigenvalue weighted by Gasteiger charge is 2.15. The summed E-state index contributed by atoms with van der Waals surface area (Å²) >= 11 is 0. The maximum Gasteiger partial charge on any atom is 0.274 e. The number of hydrogen-bond acceptors (Lipinski definition) is 4. The molecule has 0 spiro atoms. The number of carbonyl (C=O) groups is 2. The largest absolute Gasteiger partial charge is 0.324 e. The summed E-state index contributed by atoms with van der Waals surface area (Å²) in [5, 5.41) is 9.68. The number of nitrogens with one attached hydrogen (secondary N) is 2. The number of halogens is 1. The van der Waals surface area contributed by atoms with Gasteiger partial charge >= 0.3 is 0 Å². The Morgan fingerprint density at radius 3 is 2.55 bits per heavy atom. The first-order valence-electron chi connectivity index (χ1n) is 9.16. The minimum atomic E-state index is -0.518. The molecule has 0 radical (unpaired) electrons. The molecule has 0 atom stereocenters. The molecule has 8 heteroatoms. The Morgan fingerprint density at radius 1 is 1.10 bits per heavy atom. The molecule has 150 valence electrons. The van der Waals surface area contributed by atoms with Crippen LogP contribution in [0.2, 0.25) is 0 Å². The van der Waals surface area contributed by atoms with Gasteiger partial charge in [0, 0.05) is 25.4 Å². The van der Waals surface area contributed by atoms with Crippen molar-refractivity contribution < 1.29 is 14.0 Å². The Bertz CT molecular complexity index is 1050. The Morgan fingerprint density at radius 2 is 1.90 bits per heavy atom. The zero-order valence-electron chi connectivity index (χ0n) is 16.5.